The molecule has 4 heterocycles. The first-order chi connectivity index (χ1) is 21.7. The number of anilines is 1. The molecule has 3 aliphatic heterocycles. The summed E-state index contributed by atoms with van der Waals surface area (Å²) in [5.41, 5.74) is 1.95. The molecule has 6 rings (SSSR count). The molecule has 2 aromatic carbocycles. The Bertz CT molecular complexity index is 1630. The molecule has 0 saturated carbocycles. The number of fused-ring (bicyclic) bond motifs is 1. The van der Waals surface area contributed by atoms with Gasteiger partial charge in [-0.05, 0) is 81.1 Å². The highest BCUT2D eigenvalue weighted by molar-refractivity contribution is 7.89. The van der Waals surface area contributed by atoms with Crippen LogP contribution in [0, 0.1) is 11.7 Å². The van der Waals surface area contributed by atoms with Gasteiger partial charge in [0.2, 0.25) is 28.7 Å². The van der Waals surface area contributed by atoms with Crippen LogP contribution in [0.2, 0.25) is 0 Å². The fraction of sp³-hybridized carbons (Fsp3) is 0.452. The lowest BCUT2D eigenvalue weighted by Crippen LogP contribution is -2.45. The summed E-state index contributed by atoms with van der Waals surface area (Å²) < 4.78 is 57.6. The van der Waals surface area contributed by atoms with Gasteiger partial charge in [-0.2, -0.15) is 4.31 Å². The topological polar surface area (TPSA) is 143 Å². The lowest BCUT2D eigenvalue weighted by molar-refractivity contribution is -0.134. The van der Waals surface area contributed by atoms with Crippen LogP contribution in [0.25, 0.3) is 11.3 Å². The Hall–Kier alpha value is -3.85. The van der Waals surface area contributed by atoms with E-state index in [1.165, 1.54) is 16.4 Å². The average Bonchev–Trinajstić information content (AvgIpc) is 3.74. The van der Waals surface area contributed by atoms with Crippen LogP contribution < -0.4 is 19.7 Å². The highest BCUT2D eigenvalue weighted by Crippen LogP contribution is 2.36. The van der Waals surface area contributed by atoms with Gasteiger partial charge in [0, 0.05) is 37.7 Å². The third-order valence-corrected chi connectivity index (χ3v) is 10.3. The summed E-state index contributed by atoms with van der Waals surface area (Å²) in [6, 6.07) is 11.0. The molecule has 2 atom stereocenters. The molecule has 14 heteroatoms. The molecule has 2 saturated heterocycles. The molecule has 0 radical (unpaired) electrons. The molecule has 0 bridgehead atoms. The van der Waals surface area contributed by atoms with Gasteiger partial charge in [0.15, 0.2) is 17.8 Å². The smallest absolute Gasteiger partial charge is 0.243 e. The van der Waals surface area contributed by atoms with Crippen LogP contribution in [-0.2, 0) is 26.1 Å². The highest BCUT2D eigenvalue weighted by atomic mass is 32.2. The molecule has 2 N–H and O–H groups in total. The third kappa shape index (κ3) is 6.73. The van der Waals surface area contributed by atoms with E-state index in [0.717, 1.165) is 17.7 Å². The number of carbonyl (C=O) groups is 1. The van der Waals surface area contributed by atoms with Crippen molar-refractivity contribution in [3.05, 3.63) is 60.0 Å². The number of nitrogens with one attached hydrogen (secondary N) is 1. The number of aliphatic hydroxyl groups excluding tert-OH is 1. The monoisotopic (exact) mass is 641 g/mol. The zero-order valence-corrected chi connectivity index (χ0v) is 25.7. The van der Waals surface area contributed by atoms with Gasteiger partial charge >= 0.3 is 0 Å². The minimum atomic E-state index is -3.99. The average molecular weight is 642 g/mol. The summed E-state index contributed by atoms with van der Waals surface area (Å²) in [7, 11) is -3.99. The lowest BCUT2D eigenvalue weighted by Gasteiger charge is -2.34. The standard InChI is InChI=1S/C31H36FN5O7S/c1-2-42-30(39)20-11-14-36(15-12-20)31-34-23(17-25(35-31)21-5-10-27-28(16-21)44-19-43-27)18-33-29(38)26-4-3-13-37(26)45(40,41)24-8-6-22(32)7-9-24/h5-10,16-17,20,26,30,39H,2-4,11-15,18-19H2,1H3,(H,33,38). The van der Waals surface area contributed by atoms with E-state index in [-0.39, 0.29) is 30.7 Å². The second kappa shape index (κ2) is 13.3. The van der Waals surface area contributed by atoms with Crippen LogP contribution in [0.15, 0.2) is 53.4 Å². The summed E-state index contributed by atoms with van der Waals surface area (Å²) in [6.07, 6.45) is 1.48. The van der Waals surface area contributed by atoms with Gasteiger partial charge in [0.05, 0.1) is 22.8 Å². The van der Waals surface area contributed by atoms with Gasteiger partial charge in [0.25, 0.3) is 0 Å². The van der Waals surface area contributed by atoms with Crippen LogP contribution in [-0.4, -0.2) is 79.1 Å². The molecule has 2 fully saturated rings. The number of halogens is 1. The molecule has 45 heavy (non-hydrogen) atoms. The summed E-state index contributed by atoms with van der Waals surface area (Å²) in [5, 5.41) is 13.2. The van der Waals surface area contributed by atoms with E-state index in [2.05, 4.69) is 5.32 Å². The Morgan fingerprint density at radius 3 is 2.58 bits per heavy atom. The molecule has 3 aliphatic rings. The number of ether oxygens (including phenoxy) is 3. The van der Waals surface area contributed by atoms with Crippen LogP contribution in [0.4, 0.5) is 10.3 Å². The molecule has 3 aromatic rings. The largest absolute Gasteiger partial charge is 0.454 e. The van der Waals surface area contributed by atoms with E-state index in [1.807, 2.05) is 30.0 Å². The maximum Gasteiger partial charge on any atom is 0.243 e. The van der Waals surface area contributed by atoms with Crippen molar-refractivity contribution in [2.24, 2.45) is 5.92 Å². The first-order valence-electron chi connectivity index (χ1n) is 15.1. The Morgan fingerprint density at radius 2 is 1.82 bits per heavy atom. The summed E-state index contributed by atoms with van der Waals surface area (Å²) in [6.45, 7) is 3.90. The number of amides is 1. The number of hydrogen-bond donors (Lipinski definition) is 2. The zero-order chi connectivity index (χ0) is 31.6. The molecule has 1 aromatic heterocycles. The number of piperidine rings is 1. The van der Waals surface area contributed by atoms with Crippen molar-refractivity contribution >= 4 is 21.9 Å². The Balaban J connectivity index is 1.21. The van der Waals surface area contributed by atoms with Crippen molar-refractivity contribution in [3.63, 3.8) is 0 Å². The van der Waals surface area contributed by atoms with E-state index < -0.39 is 34.1 Å². The SMILES string of the molecule is CCOC(O)C1CCN(c2nc(CNC(=O)C3CCCN3S(=O)(=O)c3ccc(F)cc3)cc(-c3ccc4c(c3)OCO4)n2)CC1. The Labute approximate surface area is 261 Å². The maximum atomic E-state index is 13.4. The fourth-order valence-electron chi connectivity index (χ4n) is 5.94. The fourth-order valence-corrected chi connectivity index (χ4v) is 7.59. The first kappa shape index (κ1) is 31.1. The van der Waals surface area contributed by atoms with E-state index in [1.54, 1.807) is 6.07 Å². The van der Waals surface area contributed by atoms with Crippen LogP contribution in [0.5, 0.6) is 11.5 Å². The second-order valence-electron chi connectivity index (χ2n) is 11.2. The van der Waals surface area contributed by atoms with Gasteiger partial charge in [0.1, 0.15) is 11.9 Å². The summed E-state index contributed by atoms with van der Waals surface area (Å²) in [5.74, 6) is 0.775. The summed E-state index contributed by atoms with van der Waals surface area (Å²) >= 11 is 0. The van der Waals surface area contributed by atoms with Gasteiger partial charge in [-0.15, -0.1) is 0 Å². The van der Waals surface area contributed by atoms with Gasteiger partial charge in [-0.25, -0.2) is 22.8 Å². The number of hydrogen-bond acceptors (Lipinski definition) is 10. The minimum absolute atomic E-state index is 0.0116. The van der Waals surface area contributed by atoms with Crippen molar-refractivity contribution in [1.82, 2.24) is 19.6 Å². The predicted molar refractivity (Wildman–Crippen MR) is 161 cm³/mol. The molecular formula is C31H36FN5O7S. The molecular weight excluding hydrogens is 605 g/mol. The van der Waals surface area contributed by atoms with Crippen molar-refractivity contribution in [2.45, 2.75) is 56.4 Å². The minimum Gasteiger partial charge on any atom is -0.454 e. The van der Waals surface area contributed by atoms with Crippen LogP contribution >= 0.6 is 0 Å². The van der Waals surface area contributed by atoms with Gasteiger partial charge in [-0.1, -0.05) is 0 Å². The van der Waals surface area contributed by atoms with E-state index in [9.17, 15) is 22.7 Å². The second-order valence-corrected chi connectivity index (χ2v) is 13.1. The predicted octanol–water partition coefficient (Wildman–Crippen LogP) is 3.05. The van der Waals surface area contributed by atoms with Crippen molar-refractivity contribution in [3.8, 4) is 22.8 Å². The number of nitrogens with zero attached hydrogens (tertiary/aromatic N) is 4. The van der Waals surface area contributed by atoms with E-state index >= 15 is 0 Å². The van der Waals surface area contributed by atoms with Crippen molar-refractivity contribution in [2.75, 3.05) is 37.9 Å². The zero-order valence-electron chi connectivity index (χ0n) is 24.9. The normalized spacial score (nSPS) is 19.5. The van der Waals surface area contributed by atoms with E-state index in [4.69, 9.17) is 24.2 Å². The first-order valence-corrected chi connectivity index (χ1v) is 16.5. The number of carbonyl (C=O) groups excluding carboxylic acids is 1. The molecule has 1 amide bonds. The summed E-state index contributed by atoms with van der Waals surface area (Å²) in [4.78, 5) is 25.0. The van der Waals surface area contributed by atoms with Gasteiger partial charge in [-0.3, -0.25) is 4.79 Å². The third-order valence-electron chi connectivity index (χ3n) is 8.37. The number of rotatable bonds is 10. The highest BCUT2D eigenvalue weighted by Gasteiger charge is 2.39. The lowest BCUT2D eigenvalue weighted by atomic mass is 9.96. The Morgan fingerprint density at radius 1 is 1.07 bits per heavy atom. The van der Waals surface area contributed by atoms with Crippen molar-refractivity contribution in [1.29, 1.82) is 0 Å². The maximum absolute atomic E-state index is 13.4. The number of aliphatic hydroxyl groups is 1. The van der Waals surface area contributed by atoms with E-state index in [0.29, 0.717) is 74.2 Å². The Kier molecular flexibility index (Phi) is 9.17. The molecule has 240 valence electrons. The molecule has 0 aliphatic carbocycles. The number of sulfonamides is 1. The number of aromatic nitrogens is 2. The van der Waals surface area contributed by atoms with Crippen LogP contribution in [0.1, 0.15) is 38.3 Å². The quantitative estimate of drug-likeness (QED) is 0.317. The van der Waals surface area contributed by atoms with Gasteiger partial charge < -0.3 is 29.5 Å². The van der Waals surface area contributed by atoms with Crippen LogP contribution in [0.3, 0.4) is 0 Å². The molecule has 12 nitrogen and oxygen atoms in total. The molecule has 2 unspecified atom stereocenters. The molecule has 0 spiro atoms. The van der Waals surface area contributed by atoms with Crippen molar-refractivity contribution < 1.29 is 36.9 Å². The number of benzene rings is 2.